The quantitative estimate of drug-likeness (QED) is 0.532. The van der Waals surface area contributed by atoms with E-state index < -0.39 is 0 Å². The minimum atomic E-state index is 0.367. The SMILES string of the molecule is CCCCCC(CC)[S+]=O.c1ccsc1. The molecule has 0 aromatic carbocycles. The Kier molecular flexibility index (Phi) is 11.6. The van der Waals surface area contributed by atoms with Crippen LogP contribution >= 0.6 is 11.3 Å². The second kappa shape index (κ2) is 11.8. The average Bonchev–Trinajstić information content (AvgIpc) is 2.83. The second-order valence-electron chi connectivity index (χ2n) is 3.42. The molecule has 15 heavy (non-hydrogen) atoms. The van der Waals surface area contributed by atoms with Crippen molar-refractivity contribution in [3.05, 3.63) is 22.9 Å². The van der Waals surface area contributed by atoms with Gasteiger partial charge in [0.05, 0.1) is 0 Å². The predicted octanol–water partition coefficient (Wildman–Crippen LogP) is 4.52. The first-order valence-electron chi connectivity index (χ1n) is 5.60. The molecule has 1 atom stereocenters. The molecule has 0 bridgehead atoms. The molecule has 0 amide bonds. The Morgan fingerprint density at radius 3 is 2.20 bits per heavy atom. The van der Waals surface area contributed by atoms with Crippen LogP contribution in [-0.2, 0) is 15.9 Å². The predicted molar refractivity (Wildman–Crippen MR) is 70.6 cm³/mol. The number of thiophene rings is 1. The molecule has 1 heterocycles. The van der Waals surface area contributed by atoms with Crippen LogP contribution in [0, 0.1) is 0 Å². The molecule has 1 nitrogen and oxygen atoms in total. The number of rotatable bonds is 6. The zero-order chi connectivity index (χ0) is 11.4. The van der Waals surface area contributed by atoms with Gasteiger partial charge in [0.2, 0.25) is 5.25 Å². The molecule has 0 saturated heterocycles. The van der Waals surface area contributed by atoms with Gasteiger partial charge in [-0.25, -0.2) is 0 Å². The lowest BCUT2D eigenvalue weighted by molar-refractivity contribution is 0.578. The summed E-state index contributed by atoms with van der Waals surface area (Å²) in [5.41, 5.74) is 0. The molecule has 1 aromatic rings. The Bertz CT molecular complexity index is 192. The van der Waals surface area contributed by atoms with E-state index in [9.17, 15) is 4.21 Å². The fourth-order valence-corrected chi connectivity index (χ4v) is 2.02. The van der Waals surface area contributed by atoms with Crippen LogP contribution < -0.4 is 0 Å². The molecule has 0 radical (unpaired) electrons. The third-order valence-electron chi connectivity index (χ3n) is 2.15. The summed E-state index contributed by atoms with van der Waals surface area (Å²) in [7, 11) is 0. The third kappa shape index (κ3) is 10.0. The van der Waals surface area contributed by atoms with Crippen LogP contribution in [-0.4, -0.2) is 5.25 Å². The Morgan fingerprint density at radius 2 is 1.87 bits per heavy atom. The van der Waals surface area contributed by atoms with Crippen molar-refractivity contribution in [3.8, 4) is 0 Å². The highest BCUT2D eigenvalue weighted by Gasteiger charge is 2.16. The van der Waals surface area contributed by atoms with Gasteiger partial charge in [-0.3, -0.25) is 0 Å². The molecule has 86 valence electrons. The van der Waals surface area contributed by atoms with Gasteiger partial charge in [0.25, 0.3) is 0 Å². The van der Waals surface area contributed by atoms with Crippen LogP contribution in [0.15, 0.2) is 22.9 Å². The highest BCUT2D eigenvalue weighted by atomic mass is 32.1. The highest BCUT2D eigenvalue weighted by Crippen LogP contribution is 2.07. The minimum Gasteiger partial charge on any atom is -0.152 e. The van der Waals surface area contributed by atoms with Gasteiger partial charge in [-0.05, 0) is 17.2 Å². The van der Waals surface area contributed by atoms with Crippen molar-refractivity contribution < 1.29 is 4.21 Å². The van der Waals surface area contributed by atoms with Gasteiger partial charge in [0, 0.05) is 17.1 Å². The summed E-state index contributed by atoms with van der Waals surface area (Å²) in [6, 6.07) is 4.04. The van der Waals surface area contributed by atoms with E-state index in [0.29, 0.717) is 5.25 Å². The van der Waals surface area contributed by atoms with Gasteiger partial charge < -0.3 is 0 Å². The summed E-state index contributed by atoms with van der Waals surface area (Å²) < 4.78 is 10.4. The summed E-state index contributed by atoms with van der Waals surface area (Å²) >= 11 is 2.48. The van der Waals surface area contributed by atoms with Gasteiger partial charge in [-0.15, -0.1) is 0 Å². The molecule has 0 N–H and O–H groups in total. The summed E-state index contributed by atoms with van der Waals surface area (Å²) in [6.07, 6.45) is 5.89. The molecular formula is C12H21OS2+. The molecule has 3 heteroatoms. The smallest absolute Gasteiger partial charge is 0.152 e. The van der Waals surface area contributed by atoms with E-state index >= 15 is 0 Å². The molecule has 1 unspecified atom stereocenters. The first kappa shape index (κ1) is 14.7. The second-order valence-corrected chi connectivity index (χ2v) is 5.09. The Balaban J connectivity index is 0.000000322. The van der Waals surface area contributed by atoms with Gasteiger partial charge >= 0.3 is 11.7 Å². The topological polar surface area (TPSA) is 17.1 Å². The van der Waals surface area contributed by atoms with E-state index in [1.54, 1.807) is 11.3 Å². The molecule has 0 spiro atoms. The first-order valence-corrected chi connectivity index (χ1v) is 7.35. The van der Waals surface area contributed by atoms with Gasteiger partial charge in [-0.2, -0.15) is 11.3 Å². The first-order chi connectivity index (χ1) is 7.35. The van der Waals surface area contributed by atoms with Gasteiger partial charge in [0.1, 0.15) is 0 Å². The molecule has 0 saturated carbocycles. The Labute approximate surface area is 101 Å². The van der Waals surface area contributed by atoms with Crippen molar-refractivity contribution in [2.45, 2.75) is 51.2 Å². The van der Waals surface area contributed by atoms with E-state index in [4.69, 9.17) is 0 Å². The summed E-state index contributed by atoms with van der Waals surface area (Å²) in [5.74, 6) is 0. The zero-order valence-corrected chi connectivity index (χ0v) is 11.3. The van der Waals surface area contributed by atoms with Crippen LogP contribution in [0.1, 0.15) is 46.0 Å². The van der Waals surface area contributed by atoms with E-state index in [-0.39, 0.29) is 0 Å². The molecule has 0 aliphatic rings. The van der Waals surface area contributed by atoms with Crippen LogP contribution in [0.3, 0.4) is 0 Å². The highest BCUT2D eigenvalue weighted by molar-refractivity contribution is 7.66. The minimum absolute atomic E-state index is 0.367. The monoisotopic (exact) mass is 245 g/mol. The van der Waals surface area contributed by atoms with Crippen LogP contribution in [0.5, 0.6) is 0 Å². The van der Waals surface area contributed by atoms with Crippen molar-refractivity contribution in [2.75, 3.05) is 0 Å². The molecule has 1 rings (SSSR count). The van der Waals surface area contributed by atoms with Crippen molar-refractivity contribution in [3.63, 3.8) is 0 Å². The Hall–Kier alpha value is -0.280. The molecule has 0 aliphatic carbocycles. The fourth-order valence-electron chi connectivity index (χ4n) is 1.17. The molecular weight excluding hydrogens is 224 g/mol. The normalized spacial score (nSPS) is 11.3. The van der Waals surface area contributed by atoms with Gasteiger partial charge in [0.15, 0.2) is 0 Å². The van der Waals surface area contributed by atoms with Crippen molar-refractivity contribution in [1.29, 1.82) is 0 Å². The van der Waals surface area contributed by atoms with Gasteiger partial charge in [-0.1, -0.05) is 38.8 Å². The molecule has 0 fully saturated rings. The standard InChI is InChI=1S/C8H17OS.C4H4S/c1-3-5-6-7-8(4-2)10-9;1-2-4-5-3-1/h8H,3-7H2,1-2H3;1-4H/q+1;. The van der Waals surface area contributed by atoms with E-state index in [2.05, 4.69) is 13.8 Å². The van der Waals surface area contributed by atoms with Crippen LogP contribution in [0.4, 0.5) is 0 Å². The van der Waals surface area contributed by atoms with E-state index in [1.165, 1.54) is 19.3 Å². The van der Waals surface area contributed by atoms with Crippen LogP contribution in [0.2, 0.25) is 0 Å². The summed E-state index contributed by atoms with van der Waals surface area (Å²) in [5, 5.41) is 4.45. The van der Waals surface area contributed by atoms with Crippen molar-refractivity contribution in [1.82, 2.24) is 0 Å². The molecule has 0 aliphatic heterocycles. The third-order valence-corrected chi connectivity index (χ3v) is 3.62. The van der Waals surface area contributed by atoms with E-state index in [1.807, 2.05) is 22.9 Å². The lowest BCUT2D eigenvalue weighted by Gasteiger charge is -1.94. The maximum absolute atomic E-state index is 10.4. The maximum atomic E-state index is 10.4. The lowest BCUT2D eigenvalue weighted by atomic mass is 10.1. The number of hydrogen-bond acceptors (Lipinski definition) is 2. The van der Waals surface area contributed by atoms with E-state index in [0.717, 1.165) is 24.5 Å². The van der Waals surface area contributed by atoms with Crippen LogP contribution in [0.25, 0.3) is 0 Å². The summed E-state index contributed by atoms with van der Waals surface area (Å²) in [6.45, 7) is 4.27. The van der Waals surface area contributed by atoms with Crippen molar-refractivity contribution >= 4 is 23.0 Å². The van der Waals surface area contributed by atoms with Crippen molar-refractivity contribution in [2.24, 2.45) is 0 Å². The zero-order valence-electron chi connectivity index (χ0n) is 9.65. The largest absolute Gasteiger partial charge is 0.462 e. The molecule has 1 aromatic heterocycles. The fraction of sp³-hybridized carbons (Fsp3) is 0.667. The lowest BCUT2D eigenvalue weighted by Crippen LogP contribution is -2.02. The maximum Gasteiger partial charge on any atom is 0.462 e. The number of unbranched alkanes of at least 4 members (excludes halogenated alkanes) is 2. The number of hydrogen-bond donors (Lipinski definition) is 0. The average molecular weight is 245 g/mol. The summed E-state index contributed by atoms with van der Waals surface area (Å²) in [4.78, 5) is 0. The Morgan fingerprint density at radius 1 is 1.20 bits per heavy atom.